The van der Waals surface area contributed by atoms with Gasteiger partial charge in [0.05, 0.1) is 0 Å². The maximum absolute atomic E-state index is 4.27. The zero-order chi connectivity index (χ0) is 16.6. The molecule has 6 heteroatoms. The second-order valence-electron chi connectivity index (χ2n) is 5.77. The molecule has 5 nitrogen and oxygen atoms in total. The van der Waals surface area contributed by atoms with Crippen LogP contribution in [0.3, 0.4) is 0 Å². The Morgan fingerprint density at radius 2 is 1.68 bits per heavy atom. The van der Waals surface area contributed by atoms with E-state index < -0.39 is 0 Å². The molecule has 3 aromatic rings. The second-order valence-corrected chi connectivity index (χ2v) is 5.77. The highest BCUT2D eigenvalue weighted by Gasteiger charge is 2.00. The molecule has 0 amide bonds. The maximum Gasteiger partial charge on any atom is 0.191 e. The molecule has 0 unspecified atom stereocenters. The van der Waals surface area contributed by atoms with Crippen molar-refractivity contribution in [3.8, 4) is 0 Å². The van der Waals surface area contributed by atoms with E-state index in [9.17, 15) is 0 Å². The van der Waals surface area contributed by atoms with Crippen LogP contribution in [0, 0.1) is 0 Å². The number of benzene rings is 1. The van der Waals surface area contributed by atoms with Crippen molar-refractivity contribution >= 4 is 40.8 Å². The highest BCUT2D eigenvalue weighted by molar-refractivity contribution is 14.0. The van der Waals surface area contributed by atoms with Gasteiger partial charge in [0.2, 0.25) is 0 Å². The lowest BCUT2D eigenvalue weighted by molar-refractivity contribution is 0.630. The van der Waals surface area contributed by atoms with E-state index in [2.05, 4.69) is 73.7 Å². The van der Waals surface area contributed by atoms with Gasteiger partial charge in [-0.15, -0.1) is 24.0 Å². The Kier molecular flexibility index (Phi) is 7.84. The van der Waals surface area contributed by atoms with Crippen molar-refractivity contribution in [3.63, 3.8) is 0 Å². The average Bonchev–Trinajstić information content (AvgIpc) is 3.27. The lowest BCUT2D eigenvalue weighted by Crippen LogP contribution is -2.39. The highest BCUT2D eigenvalue weighted by atomic mass is 127. The standard InChI is InChI=1S/C19H25N5.HI/c1-20-19(22-11-16-23-12-4-5-13-23)21-10-6-14-24-15-9-17-7-2-3-8-18(17)24;/h2-5,7-9,12-13,15H,6,10-11,14,16H2,1H3,(H2,20,21,22);1H. The summed E-state index contributed by atoms with van der Waals surface area (Å²) in [6.45, 7) is 3.69. The van der Waals surface area contributed by atoms with Gasteiger partial charge in [0.15, 0.2) is 5.96 Å². The van der Waals surface area contributed by atoms with Crippen LogP contribution < -0.4 is 10.6 Å². The number of nitrogens with zero attached hydrogens (tertiary/aromatic N) is 3. The summed E-state index contributed by atoms with van der Waals surface area (Å²) < 4.78 is 4.46. The summed E-state index contributed by atoms with van der Waals surface area (Å²) in [6.07, 6.45) is 7.35. The smallest absolute Gasteiger partial charge is 0.191 e. The first-order chi connectivity index (χ1) is 11.9. The number of nitrogens with one attached hydrogen (secondary N) is 2. The van der Waals surface area contributed by atoms with E-state index in [1.165, 1.54) is 10.9 Å². The quantitative estimate of drug-likeness (QED) is 0.251. The largest absolute Gasteiger partial charge is 0.356 e. The van der Waals surface area contributed by atoms with Crippen molar-refractivity contribution in [3.05, 3.63) is 61.1 Å². The number of para-hydroxylation sites is 1. The van der Waals surface area contributed by atoms with Gasteiger partial charge < -0.3 is 19.8 Å². The number of aryl methyl sites for hydroxylation is 1. The van der Waals surface area contributed by atoms with Gasteiger partial charge in [0.25, 0.3) is 0 Å². The van der Waals surface area contributed by atoms with Gasteiger partial charge >= 0.3 is 0 Å². The van der Waals surface area contributed by atoms with E-state index in [1.54, 1.807) is 0 Å². The first kappa shape index (κ1) is 19.4. The third kappa shape index (κ3) is 5.52. The van der Waals surface area contributed by atoms with E-state index in [-0.39, 0.29) is 24.0 Å². The molecule has 0 saturated carbocycles. The summed E-state index contributed by atoms with van der Waals surface area (Å²) in [4.78, 5) is 4.27. The molecule has 0 atom stereocenters. The monoisotopic (exact) mass is 451 g/mol. The molecule has 0 aliphatic carbocycles. The summed E-state index contributed by atoms with van der Waals surface area (Å²) in [6, 6.07) is 14.7. The Bertz CT molecular complexity index is 776. The number of fused-ring (bicyclic) bond motifs is 1. The van der Waals surface area contributed by atoms with Crippen LogP contribution in [0.5, 0.6) is 0 Å². The van der Waals surface area contributed by atoms with Crippen LogP contribution in [-0.2, 0) is 13.1 Å². The number of aromatic nitrogens is 2. The Balaban J connectivity index is 0.00000225. The van der Waals surface area contributed by atoms with Crippen LogP contribution in [0.25, 0.3) is 10.9 Å². The summed E-state index contributed by atoms with van der Waals surface area (Å²) in [5, 5.41) is 8.02. The van der Waals surface area contributed by atoms with E-state index in [1.807, 2.05) is 19.2 Å². The van der Waals surface area contributed by atoms with Crippen LogP contribution in [-0.4, -0.2) is 35.2 Å². The molecule has 0 bridgehead atoms. The van der Waals surface area contributed by atoms with E-state index in [0.29, 0.717) is 0 Å². The van der Waals surface area contributed by atoms with Gasteiger partial charge in [0.1, 0.15) is 0 Å². The third-order valence-electron chi connectivity index (χ3n) is 4.10. The molecule has 134 valence electrons. The zero-order valence-electron chi connectivity index (χ0n) is 14.6. The van der Waals surface area contributed by atoms with Gasteiger partial charge in [-0.3, -0.25) is 4.99 Å². The Hall–Kier alpha value is -1.96. The van der Waals surface area contributed by atoms with Gasteiger partial charge in [-0.1, -0.05) is 18.2 Å². The molecular formula is C19H26IN5. The molecule has 0 aliphatic rings. The minimum absolute atomic E-state index is 0. The van der Waals surface area contributed by atoms with Crippen LogP contribution in [0.1, 0.15) is 6.42 Å². The van der Waals surface area contributed by atoms with Gasteiger partial charge in [-0.25, -0.2) is 0 Å². The van der Waals surface area contributed by atoms with Crippen molar-refractivity contribution in [2.24, 2.45) is 4.99 Å². The number of aliphatic imine (C=N–C) groups is 1. The van der Waals surface area contributed by atoms with Crippen LogP contribution >= 0.6 is 24.0 Å². The molecule has 0 fully saturated rings. The minimum atomic E-state index is 0. The number of guanidine groups is 1. The van der Waals surface area contributed by atoms with Crippen LogP contribution in [0.15, 0.2) is 66.0 Å². The fraction of sp³-hybridized carbons (Fsp3) is 0.316. The Morgan fingerprint density at radius 3 is 2.48 bits per heavy atom. The summed E-state index contributed by atoms with van der Waals surface area (Å²) >= 11 is 0. The van der Waals surface area contributed by atoms with E-state index in [4.69, 9.17) is 0 Å². The topological polar surface area (TPSA) is 46.3 Å². The van der Waals surface area contributed by atoms with Crippen molar-refractivity contribution in [1.82, 2.24) is 19.8 Å². The molecule has 0 radical (unpaired) electrons. The molecule has 2 heterocycles. The summed E-state index contributed by atoms with van der Waals surface area (Å²) in [5.74, 6) is 0.861. The highest BCUT2D eigenvalue weighted by Crippen LogP contribution is 2.15. The molecular weight excluding hydrogens is 425 g/mol. The molecule has 3 rings (SSSR count). The second kappa shape index (κ2) is 10.1. The van der Waals surface area contributed by atoms with Crippen molar-refractivity contribution in [1.29, 1.82) is 0 Å². The fourth-order valence-electron chi connectivity index (χ4n) is 2.84. The first-order valence-electron chi connectivity index (χ1n) is 8.46. The van der Waals surface area contributed by atoms with E-state index in [0.717, 1.165) is 38.6 Å². The van der Waals surface area contributed by atoms with Crippen LogP contribution in [0.2, 0.25) is 0 Å². The predicted molar refractivity (Wildman–Crippen MR) is 116 cm³/mol. The average molecular weight is 451 g/mol. The number of hydrogen-bond donors (Lipinski definition) is 2. The van der Waals surface area contributed by atoms with Crippen molar-refractivity contribution < 1.29 is 0 Å². The lowest BCUT2D eigenvalue weighted by Gasteiger charge is -2.12. The minimum Gasteiger partial charge on any atom is -0.356 e. The summed E-state index contributed by atoms with van der Waals surface area (Å²) in [7, 11) is 1.81. The van der Waals surface area contributed by atoms with Crippen LogP contribution in [0.4, 0.5) is 0 Å². The SMILES string of the molecule is CN=C(NCCCn1ccc2ccccc21)NCCn1cccc1.I. The van der Waals surface area contributed by atoms with Gasteiger partial charge in [0, 0.05) is 57.3 Å². The molecule has 0 aliphatic heterocycles. The number of halogens is 1. The molecule has 0 spiro atoms. The maximum atomic E-state index is 4.27. The molecule has 25 heavy (non-hydrogen) atoms. The van der Waals surface area contributed by atoms with Gasteiger partial charge in [-0.05, 0) is 36.1 Å². The van der Waals surface area contributed by atoms with Gasteiger partial charge in [-0.2, -0.15) is 0 Å². The van der Waals surface area contributed by atoms with Crippen molar-refractivity contribution in [2.75, 3.05) is 20.1 Å². The van der Waals surface area contributed by atoms with Crippen molar-refractivity contribution in [2.45, 2.75) is 19.5 Å². The number of hydrogen-bond acceptors (Lipinski definition) is 1. The fourth-order valence-corrected chi connectivity index (χ4v) is 2.84. The van der Waals surface area contributed by atoms with E-state index >= 15 is 0 Å². The predicted octanol–water partition coefficient (Wildman–Crippen LogP) is 3.32. The third-order valence-corrected chi connectivity index (χ3v) is 4.10. The Morgan fingerprint density at radius 1 is 0.920 bits per heavy atom. The molecule has 1 aromatic carbocycles. The molecule has 2 aromatic heterocycles. The normalized spacial score (nSPS) is 11.3. The summed E-state index contributed by atoms with van der Waals surface area (Å²) in [5.41, 5.74) is 1.30. The zero-order valence-corrected chi connectivity index (χ0v) is 16.9. The Labute approximate surface area is 166 Å². The molecule has 2 N–H and O–H groups in total. The first-order valence-corrected chi connectivity index (χ1v) is 8.46. The molecule has 0 saturated heterocycles. The lowest BCUT2D eigenvalue weighted by atomic mass is 10.2. The number of rotatable bonds is 7.